The van der Waals surface area contributed by atoms with E-state index in [1.54, 1.807) is 49.4 Å². The second-order valence-electron chi connectivity index (χ2n) is 5.88. The van der Waals surface area contributed by atoms with Crippen LogP contribution in [0.5, 0.6) is 0 Å². The maximum atomic E-state index is 13.8. The van der Waals surface area contributed by atoms with E-state index in [1.807, 2.05) is 6.92 Å². The molecule has 0 aliphatic rings. The number of carbonyl (C=O) groups is 2. The molecule has 0 bridgehead atoms. The number of rotatable bonds is 6. The van der Waals surface area contributed by atoms with Gasteiger partial charge in [0.05, 0.1) is 6.04 Å². The molecular formula is C19H22FN3O2. The summed E-state index contributed by atoms with van der Waals surface area (Å²) in [5.41, 5.74) is 1.79. The van der Waals surface area contributed by atoms with Crippen molar-refractivity contribution in [1.29, 1.82) is 0 Å². The van der Waals surface area contributed by atoms with Gasteiger partial charge in [0.25, 0.3) is 0 Å². The fourth-order valence-corrected chi connectivity index (χ4v) is 2.46. The van der Waals surface area contributed by atoms with E-state index in [0.717, 1.165) is 0 Å². The second kappa shape index (κ2) is 8.39. The Kier molecular flexibility index (Phi) is 6.25. The minimum absolute atomic E-state index is 0.156. The maximum absolute atomic E-state index is 13.8. The molecule has 0 aliphatic heterocycles. The lowest BCUT2D eigenvalue weighted by Crippen LogP contribution is -2.39. The summed E-state index contributed by atoms with van der Waals surface area (Å²) in [4.78, 5) is 23.3. The zero-order chi connectivity index (χ0) is 18.4. The van der Waals surface area contributed by atoms with E-state index >= 15 is 0 Å². The first-order valence-corrected chi connectivity index (χ1v) is 8.06. The molecule has 5 nitrogen and oxygen atoms in total. The van der Waals surface area contributed by atoms with Crippen molar-refractivity contribution in [2.45, 2.75) is 32.9 Å². The minimum Gasteiger partial charge on any atom is -0.326 e. The normalized spacial score (nSPS) is 13.0. The van der Waals surface area contributed by atoms with Gasteiger partial charge in [0.15, 0.2) is 0 Å². The predicted molar refractivity (Wildman–Crippen MR) is 96.8 cm³/mol. The number of halogens is 1. The molecule has 2 aromatic carbocycles. The van der Waals surface area contributed by atoms with Crippen LogP contribution in [-0.4, -0.2) is 17.9 Å². The average molecular weight is 343 g/mol. The van der Waals surface area contributed by atoms with Crippen LogP contribution in [-0.2, 0) is 9.59 Å². The monoisotopic (exact) mass is 343 g/mol. The lowest BCUT2D eigenvalue weighted by Gasteiger charge is -2.20. The van der Waals surface area contributed by atoms with E-state index < -0.39 is 6.04 Å². The van der Waals surface area contributed by atoms with Crippen molar-refractivity contribution in [1.82, 2.24) is 5.32 Å². The first-order chi connectivity index (χ1) is 11.9. The summed E-state index contributed by atoms with van der Waals surface area (Å²) in [7, 11) is 0. The van der Waals surface area contributed by atoms with E-state index in [2.05, 4.69) is 16.0 Å². The molecule has 2 amide bonds. The fourth-order valence-electron chi connectivity index (χ4n) is 2.46. The molecule has 0 aromatic heterocycles. The third-order valence-electron chi connectivity index (χ3n) is 3.74. The van der Waals surface area contributed by atoms with Gasteiger partial charge in [-0.15, -0.1) is 0 Å². The molecule has 2 aromatic rings. The Morgan fingerprint density at radius 3 is 2.04 bits per heavy atom. The van der Waals surface area contributed by atoms with Crippen molar-refractivity contribution in [2.24, 2.45) is 0 Å². The summed E-state index contributed by atoms with van der Waals surface area (Å²) in [5.74, 6) is -0.684. The molecule has 0 unspecified atom stereocenters. The molecular weight excluding hydrogens is 321 g/mol. The summed E-state index contributed by atoms with van der Waals surface area (Å²) in [6.07, 6.45) is 0. The van der Waals surface area contributed by atoms with E-state index in [1.165, 1.54) is 13.0 Å². The first-order valence-electron chi connectivity index (χ1n) is 8.06. The Bertz CT molecular complexity index is 747. The van der Waals surface area contributed by atoms with Crippen LogP contribution in [0.4, 0.5) is 15.8 Å². The quantitative estimate of drug-likeness (QED) is 0.752. The number of amides is 2. The Hall–Kier alpha value is -2.73. The smallest absolute Gasteiger partial charge is 0.241 e. The summed E-state index contributed by atoms with van der Waals surface area (Å²) in [5, 5.41) is 8.53. The Morgan fingerprint density at radius 2 is 1.48 bits per heavy atom. The summed E-state index contributed by atoms with van der Waals surface area (Å²) < 4.78 is 13.8. The molecule has 2 atom stereocenters. The Morgan fingerprint density at radius 1 is 0.920 bits per heavy atom. The van der Waals surface area contributed by atoms with Gasteiger partial charge in [-0.25, -0.2) is 4.39 Å². The molecule has 0 aliphatic carbocycles. The standard InChI is InChI=1S/C19H22FN3O2/c1-12(17-6-4-5-7-18(17)20)21-13(2)19(25)23-16-10-8-15(9-11-16)22-14(3)24/h4-13,21H,1-3H3,(H,22,24)(H,23,25)/t12-,13-/m1/s1. The van der Waals surface area contributed by atoms with E-state index in [0.29, 0.717) is 16.9 Å². The van der Waals surface area contributed by atoms with Crippen LogP contribution >= 0.6 is 0 Å². The van der Waals surface area contributed by atoms with Gasteiger partial charge in [-0.3, -0.25) is 14.9 Å². The van der Waals surface area contributed by atoms with Gasteiger partial charge in [0, 0.05) is 29.9 Å². The topological polar surface area (TPSA) is 70.2 Å². The molecule has 132 valence electrons. The lowest BCUT2D eigenvalue weighted by molar-refractivity contribution is -0.118. The Labute approximate surface area is 146 Å². The van der Waals surface area contributed by atoms with Gasteiger partial charge in [0.1, 0.15) is 5.82 Å². The van der Waals surface area contributed by atoms with Gasteiger partial charge in [-0.05, 0) is 44.2 Å². The summed E-state index contributed by atoms with van der Waals surface area (Å²) >= 11 is 0. The molecule has 0 saturated carbocycles. The third kappa shape index (κ3) is 5.39. The number of carbonyl (C=O) groups excluding carboxylic acids is 2. The van der Waals surface area contributed by atoms with Crippen LogP contribution in [0.25, 0.3) is 0 Å². The highest BCUT2D eigenvalue weighted by molar-refractivity contribution is 5.95. The van der Waals surface area contributed by atoms with Gasteiger partial charge in [-0.2, -0.15) is 0 Å². The van der Waals surface area contributed by atoms with Crippen molar-refractivity contribution in [3.8, 4) is 0 Å². The van der Waals surface area contributed by atoms with Crippen molar-refractivity contribution < 1.29 is 14.0 Å². The zero-order valence-corrected chi connectivity index (χ0v) is 14.5. The predicted octanol–water partition coefficient (Wildman–Crippen LogP) is 3.46. The molecule has 0 saturated heterocycles. The van der Waals surface area contributed by atoms with Gasteiger partial charge >= 0.3 is 0 Å². The van der Waals surface area contributed by atoms with Gasteiger partial charge in [0.2, 0.25) is 11.8 Å². The summed E-state index contributed by atoms with van der Waals surface area (Å²) in [6.45, 7) is 4.96. The molecule has 25 heavy (non-hydrogen) atoms. The molecule has 3 N–H and O–H groups in total. The van der Waals surface area contributed by atoms with Gasteiger partial charge < -0.3 is 10.6 Å². The lowest BCUT2D eigenvalue weighted by atomic mass is 10.1. The largest absolute Gasteiger partial charge is 0.326 e. The van der Waals surface area contributed by atoms with Crippen LogP contribution in [0.1, 0.15) is 32.4 Å². The minimum atomic E-state index is -0.510. The molecule has 2 rings (SSSR count). The average Bonchev–Trinajstić information content (AvgIpc) is 2.56. The van der Waals surface area contributed by atoms with Crippen molar-refractivity contribution >= 4 is 23.2 Å². The third-order valence-corrected chi connectivity index (χ3v) is 3.74. The van der Waals surface area contributed by atoms with Crippen LogP contribution in [0.2, 0.25) is 0 Å². The molecule has 0 radical (unpaired) electrons. The fraction of sp³-hybridized carbons (Fsp3) is 0.263. The summed E-state index contributed by atoms with van der Waals surface area (Å²) in [6, 6.07) is 12.5. The highest BCUT2D eigenvalue weighted by Crippen LogP contribution is 2.17. The van der Waals surface area contributed by atoms with Crippen LogP contribution < -0.4 is 16.0 Å². The number of benzene rings is 2. The molecule has 0 fully saturated rings. The van der Waals surface area contributed by atoms with Crippen LogP contribution in [0.3, 0.4) is 0 Å². The number of hydrogen-bond acceptors (Lipinski definition) is 3. The highest BCUT2D eigenvalue weighted by Gasteiger charge is 2.18. The second-order valence-corrected chi connectivity index (χ2v) is 5.88. The highest BCUT2D eigenvalue weighted by atomic mass is 19.1. The molecule has 0 spiro atoms. The van der Waals surface area contributed by atoms with Gasteiger partial charge in [-0.1, -0.05) is 18.2 Å². The molecule has 6 heteroatoms. The first kappa shape index (κ1) is 18.6. The van der Waals surface area contributed by atoms with E-state index in [9.17, 15) is 14.0 Å². The maximum Gasteiger partial charge on any atom is 0.241 e. The van der Waals surface area contributed by atoms with Crippen molar-refractivity contribution in [3.63, 3.8) is 0 Å². The van der Waals surface area contributed by atoms with Crippen molar-refractivity contribution in [3.05, 3.63) is 59.9 Å². The van der Waals surface area contributed by atoms with Crippen molar-refractivity contribution in [2.75, 3.05) is 10.6 Å². The number of anilines is 2. The number of nitrogens with one attached hydrogen (secondary N) is 3. The van der Waals surface area contributed by atoms with Crippen LogP contribution in [0.15, 0.2) is 48.5 Å². The van der Waals surface area contributed by atoms with E-state index in [-0.39, 0.29) is 23.7 Å². The van der Waals surface area contributed by atoms with Crippen LogP contribution in [0, 0.1) is 5.82 Å². The molecule has 0 heterocycles. The SMILES string of the molecule is CC(=O)Nc1ccc(NC(=O)[C@@H](C)N[C@H](C)c2ccccc2F)cc1. The van der Waals surface area contributed by atoms with E-state index in [4.69, 9.17) is 0 Å². The number of hydrogen-bond donors (Lipinski definition) is 3. The zero-order valence-electron chi connectivity index (χ0n) is 14.5. The Balaban J connectivity index is 1.93.